The van der Waals surface area contributed by atoms with Crippen LogP contribution in [0.5, 0.6) is 0 Å². The predicted octanol–water partition coefficient (Wildman–Crippen LogP) is 2.64. The van der Waals surface area contributed by atoms with Crippen LogP contribution in [0.1, 0.15) is 11.3 Å². The number of nitrogens with one attached hydrogen (secondary N) is 1. The summed E-state index contributed by atoms with van der Waals surface area (Å²) in [6.45, 7) is 0. The molecule has 3 nitrogen and oxygen atoms in total. The quantitative estimate of drug-likeness (QED) is 0.860. The van der Waals surface area contributed by atoms with Crippen molar-refractivity contribution in [1.82, 2.24) is 4.98 Å². The number of nitrogens with zero attached hydrogens (tertiary/aromatic N) is 1. The SMILES string of the molecule is CNc1nc(CCc2cccc(F)c2)co1. The molecule has 0 spiro atoms. The van der Waals surface area contributed by atoms with E-state index in [0.29, 0.717) is 6.01 Å². The van der Waals surface area contributed by atoms with Crippen molar-refractivity contribution in [3.8, 4) is 0 Å². The third-order valence-corrected chi connectivity index (χ3v) is 2.32. The minimum atomic E-state index is -0.200. The standard InChI is InChI=1S/C12H13FN2O/c1-14-12-15-11(8-16-12)6-5-9-3-2-4-10(13)7-9/h2-4,7-8H,5-6H2,1H3,(H,14,15). The third kappa shape index (κ3) is 2.59. The number of halogens is 1. The maximum atomic E-state index is 12.9. The van der Waals surface area contributed by atoms with Crippen LogP contribution >= 0.6 is 0 Å². The Balaban J connectivity index is 1.96. The van der Waals surface area contributed by atoms with Crippen LogP contribution in [0.2, 0.25) is 0 Å². The summed E-state index contributed by atoms with van der Waals surface area (Å²) in [4.78, 5) is 4.19. The van der Waals surface area contributed by atoms with E-state index < -0.39 is 0 Å². The van der Waals surface area contributed by atoms with Gasteiger partial charge in [0.1, 0.15) is 12.1 Å². The van der Waals surface area contributed by atoms with E-state index in [9.17, 15) is 4.39 Å². The summed E-state index contributed by atoms with van der Waals surface area (Å²) in [7, 11) is 1.75. The molecule has 84 valence electrons. The molecule has 16 heavy (non-hydrogen) atoms. The van der Waals surface area contributed by atoms with Crippen LogP contribution in [0, 0.1) is 5.82 Å². The molecule has 0 aliphatic carbocycles. The van der Waals surface area contributed by atoms with Crippen LogP contribution in [0.25, 0.3) is 0 Å². The van der Waals surface area contributed by atoms with E-state index in [1.807, 2.05) is 6.07 Å². The monoisotopic (exact) mass is 220 g/mol. The molecule has 0 bridgehead atoms. The molecule has 0 unspecified atom stereocenters. The average Bonchev–Trinajstić information content (AvgIpc) is 2.74. The summed E-state index contributed by atoms with van der Waals surface area (Å²) in [5.41, 5.74) is 1.84. The second kappa shape index (κ2) is 4.79. The van der Waals surface area contributed by atoms with Gasteiger partial charge in [0.05, 0.1) is 5.69 Å². The fourth-order valence-corrected chi connectivity index (χ4v) is 1.50. The van der Waals surface area contributed by atoms with Gasteiger partial charge in [-0.3, -0.25) is 0 Å². The number of hydrogen-bond donors (Lipinski definition) is 1. The largest absolute Gasteiger partial charge is 0.432 e. The lowest BCUT2D eigenvalue weighted by Gasteiger charge is -1.98. The van der Waals surface area contributed by atoms with Gasteiger partial charge in [0.25, 0.3) is 6.01 Å². The first-order valence-corrected chi connectivity index (χ1v) is 5.14. The van der Waals surface area contributed by atoms with Crippen molar-refractivity contribution in [2.75, 3.05) is 12.4 Å². The number of aryl methyl sites for hydroxylation is 2. The molecular weight excluding hydrogens is 207 g/mol. The summed E-state index contributed by atoms with van der Waals surface area (Å²) in [5.74, 6) is -0.200. The van der Waals surface area contributed by atoms with Gasteiger partial charge in [-0.2, -0.15) is 4.98 Å². The Morgan fingerprint density at radius 3 is 2.94 bits per heavy atom. The molecule has 2 rings (SSSR count). The number of oxazole rings is 1. The molecule has 0 saturated carbocycles. The smallest absolute Gasteiger partial charge is 0.294 e. The van der Waals surface area contributed by atoms with Crippen LogP contribution in [-0.2, 0) is 12.8 Å². The fraction of sp³-hybridized carbons (Fsp3) is 0.250. The number of hydrogen-bond acceptors (Lipinski definition) is 3. The number of anilines is 1. The van der Waals surface area contributed by atoms with Crippen LogP contribution in [0.15, 0.2) is 34.9 Å². The molecule has 0 radical (unpaired) electrons. The highest BCUT2D eigenvalue weighted by atomic mass is 19.1. The van der Waals surface area contributed by atoms with E-state index in [0.717, 1.165) is 24.1 Å². The van der Waals surface area contributed by atoms with Crippen molar-refractivity contribution < 1.29 is 8.81 Å². The van der Waals surface area contributed by atoms with Crippen LogP contribution in [-0.4, -0.2) is 12.0 Å². The Morgan fingerprint density at radius 1 is 1.38 bits per heavy atom. The van der Waals surface area contributed by atoms with Gasteiger partial charge in [0.15, 0.2) is 0 Å². The van der Waals surface area contributed by atoms with Crippen molar-refractivity contribution in [2.24, 2.45) is 0 Å². The lowest BCUT2D eigenvalue weighted by Crippen LogP contribution is -1.93. The maximum absolute atomic E-state index is 12.9. The van der Waals surface area contributed by atoms with E-state index in [1.54, 1.807) is 25.4 Å². The molecule has 0 fully saturated rings. The third-order valence-electron chi connectivity index (χ3n) is 2.32. The lowest BCUT2D eigenvalue weighted by atomic mass is 10.1. The van der Waals surface area contributed by atoms with Gasteiger partial charge in [0.2, 0.25) is 0 Å². The van der Waals surface area contributed by atoms with Crippen molar-refractivity contribution in [3.63, 3.8) is 0 Å². The molecule has 0 atom stereocenters. The zero-order chi connectivity index (χ0) is 11.4. The van der Waals surface area contributed by atoms with Crippen LogP contribution in [0.4, 0.5) is 10.4 Å². The van der Waals surface area contributed by atoms with E-state index in [-0.39, 0.29) is 5.82 Å². The summed E-state index contributed by atoms with van der Waals surface area (Å²) in [5, 5.41) is 2.82. The van der Waals surface area contributed by atoms with E-state index in [2.05, 4.69) is 10.3 Å². The van der Waals surface area contributed by atoms with Crippen molar-refractivity contribution in [2.45, 2.75) is 12.8 Å². The molecule has 0 aliphatic rings. The first kappa shape index (κ1) is 10.7. The molecule has 1 N–H and O–H groups in total. The van der Waals surface area contributed by atoms with Gasteiger partial charge in [-0.15, -0.1) is 0 Å². The average molecular weight is 220 g/mol. The first-order chi connectivity index (χ1) is 7.78. The van der Waals surface area contributed by atoms with Gasteiger partial charge in [-0.05, 0) is 30.5 Å². The van der Waals surface area contributed by atoms with Crippen LogP contribution in [0.3, 0.4) is 0 Å². The van der Waals surface area contributed by atoms with Gasteiger partial charge in [-0.25, -0.2) is 4.39 Å². The highest BCUT2D eigenvalue weighted by molar-refractivity contribution is 5.21. The Bertz CT molecular complexity index is 468. The Morgan fingerprint density at radius 2 is 2.25 bits per heavy atom. The topological polar surface area (TPSA) is 38.1 Å². The van der Waals surface area contributed by atoms with Gasteiger partial charge in [-0.1, -0.05) is 12.1 Å². The van der Waals surface area contributed by atoms with E-state index >= 15 is 0 Å². The Hall–Kier alpha value is -1.84. The molecule has 0 amide bonds. The molecule has 0 saturated heterocycles. The summed E-state index contributed by atoms with van der Waals surface area (Å²) in [6.07, 6.45) is 3.12. The minimum Gasteiger partial charge on any atom is -0.432 e. The van der Waals surface area contributed by atoms with Crippen molar-refractivity contribution in [3.05, 3.63) is 47.6 Å². The predicted molar refractivity (Wildman–Crippen MR) is 59.9 cm³/mol. The van der Waals surface area contributed by atoms with E-state index in [1.165, 1.54) is 6.07 Å². The van der Waals surface area contributed by atoms with Crippen molar-refractivity contribution >= 4 is 6.01 Å². The van der Waals surface area contributed by atoms with Crippen LogP contribution < -0.4 is 5.32 Å². The van der Waals surface area contributed by atoms with E-state index in [4.69, 9.17) is 4.42 Å². The second-order valence-electron chi connectivity index (χ2n) is 3.52. The van der Waals surface area contributed by atoms with Gasteiger partial charge >= 0.3 is 0 Å². The second-order valence-corrected chi connectivity index (χ2v) is 3.52. The zero-order valence-corrected chi connectivity index (χ0v) is 9.03. The summed E-state index contributed by atoms with van der Waals surface area (Å²) in [6, 6.07) is 7.11. The lowest BCUT2D eigenvalue weighted by molar-refractivity contribution is 0.573. The molecule has 1 aromatic heterocycles. The zero-order valence-electron chi connectivity index (χ0n) is 9.03. The highest BCUT2D eigenvalue weighted by Crippen LogP contribution is 2.11. The number of benzene rings is 1. The summed E-state index contributed by atoms with van der Waals surface area (Å²) >= 11 is 0. The molecular formula is C12H13FN2O. The maximum Gasteiger partial charge on any atom is 0.294 e. The normalized spacial score (nSPS) is 10.4. The highest BCUT2D eigenvalue weighted by Gasteiger charge is 2.02. The summed E-state index contributed by atoms with van der Waals surface area (Å²) < 4.78 is 18.0. The van der Waals surface area contributed by atoms with Crippen molar-refractivity contribution in [1.29, 1.82) is 0 Å². The number of rotatable bonds is 4. The van der Waals surface area contributed by atoms with Gasteiger partial charge < -0.3 is 9.73 Å². The Kier molecular flexibility index (Phi) is 3.19. The fourth-order valence-electron chi connectivity index (χ4n) is 1.50. The van der Waals surface area contributed by atoms with Gasteiger partial charge in [0, 0.05) is 7.05 Å². The molecule has 2 aromatic rings. The molecule has 1 aromatic carbocycles. The molecule has 1 heterocycles. The Labute approximate surface area is 93.3 Å². The first-order valence-electron chi connectivity index (χ1n) is 5.14. The number of aromatic nitrogens is 1. The minimum absolute atomic E-state index is 0.200. The molecule has 4 heteroatoms. The molecule has 0 aliphatic heterocycles.